The first-order valence-corrected chi connectivity index (χ1v) is 3.57. The van der Waals surface area contributed by atoms with E-state index in [0.29, 0.717) is 0 Å². The quantitative estimate of drug-likeness (QED) is 0.646. The second-order valence-electron chi connectivity index (χ2n) is 3.88. The van der Waals surface area contributed by atoms with E-state index in [1.54, 1.807) is 20.8 Å². The molecule has 0 rings (SSSR count). The number of alkyl halides is 3. The Morgan fingerprint density at radius 3 is 1.58 bits per heavy atom. The summed E-state index contributed by atoms with van der Waals surface area (Å²) in [6, 6.07) is -1.29. The third kappa shape index (κ3) is 2.98. The standard InChI is InChI=1S/C7H14F3NO/c1-6(2,3)4(11)5(12)7(8,9)10/h4-5,12H,11H2,1-3H3/t4-,5?/m1/s1. The van der Waals surface area contributed by atoms with Gasteiger partial charge in [0.05, 0.1) is 0 Å². The molecule has 0 aliphatic carbocycles. The average Bonchev–Trinajstić information content (AvgIpc) is 1.80. The van der Waals surface area contributed by atoms with Crippen LogP contribution >= 0.6 is 0 Å². The van der Waals surface area contributed by atoms with E-state index >= 15 is 0 Å². The molecular weight excluding hydrogens is 171 g/mol. The van der Waals surface area contributed by atoms with Crippen molar-refractivity contribution in [2.45, 2.75) is 39.1 Å². The Bertz CT molecular complexity index is 132. The molecule has 0 aromatic rings. The van der Waals surface area contributed by atoms with Crippen molar-refractivity contribution in [1.82, 2.24) is 0 Å². The van der Waals surface area contributed by atoms with Crippen LogP contribution in [0.4, 0.5) is 13.2 Å². The fraction of sp³-hybridized carbons (Fsp3) is 1.00. The van der Waals surface area contributed by atoms with Crippen molar-refractivity contribution in [3.8, 4) is 0 Å². The average molecular weight is 185 g/mol. The molecule has 0 aliphatic heterocycles. The molecule has 74 valence electrons. The summed E-state index contributed by atoms with van der Waals surface area (Å²) >= 11 is 0. The molecule has 0 aliphatic rings. The van der Waals surface area contributed by atoms with Gasteiger partial charge in [0, 0.05) is 6.04 Å². The maximum absolute atomic E-state index is 11.9. The van der Waals surface area contributed by atoms with Gasteiger partial charge in [-0.25, -0.2) is 0 Å². The van der Waals surface area contributed by atoms with Gasteiger partial charge in [0.25, 0.3) is 0 Å². The molecule has 12 heavy (non-hydrogen) atoms. The van der Waals surface area contributed by atoms with Gasteiger partial charge in [0.2, 0.25) is 0 Å². The highest BCUT2D eigenvalue weighted by atomic mass is 19.4. The van der Waals surface area contributed by atoms with Crippen molar-refractivity contribution in [3.63, 3.8) is 0 Å². The van der Waals surface area contributed by atoms with Crippen molar-refractivity contribution in [2.24, 2.45) is 11.1 Å². The number of hydrogen-bond donors (Lipinski definition) is 2. The third-order valence-electron chi connectivity index (χ3n) is 1.68. The highest BCUT2D eigenvalue weighted by Crippen LogP contribution is 2.29. The minimum atomic E-state index is -4.63. The van der Waals surface area contributed by atoms with E-state index in [0.717, 1.165) is 0 Å². The van der Waals surface area contributed by atoms with E-state index in [2.05, 4.69) is 0 Å². The predicted molar refractivity (Wildman–Crippen MR) is 39.5 cm³/mol. The maximum Gasteiger partial charge on any atom is 0.415 e. The van der Waals surface area contributed by atoms with E-state index in [4.69, 9.17) is 10.8 Å². The van der Waals surface area contributed by atoms with Crippen LogP contribution in [0.2, 0.25) is 0 Å². The monoisotopic (exact) mass is 185 g/mol. The lowest BCUT2D eigenvalue weighted by Crippen LogP contribution is -2.51. The van der Waals surface area contributed by atoms with Crippen molar-refractivity contribution in [1.29, 1.82) is 0 Å². The van der Waals surface area contributed by atoms with Gasteiger partial charge in [-0.2, -0.15) is 13.2 Å². The van der Waals surface area contributed by atoms with Crippen LogP contribution in [-0.2, 0) is 0 Å². The molecule has 0 saturated heterocycles. The van der Waals surface area contributed by atoms with Crippen molar-refractivity contribution in [3.05, 3.63) is 0 Å². The second kappa shape index (κ2) is 3.22. The lowest BCUT2D eigenvalue weighted by Gasteiger charge is -2.31. The fourth-order valence-corrected chi connectivity index (χ4v) is 0.677. The fourth-order valence-electron chi connectivity index (χ4n) is 0.677. The van der Waals surface area contributed by atoms with Crippen LogP contribution in [-0.4, -0.2) is 23.4 Å². The number of halogens is 3. The summed E-state index contributed by atoms with van der Waals surface area (Å²) in [7, 11) is 0. The Morgan fingerprint density at radius 1 is 1.17 bits per heavy atom. The van der Waals surface area contributed by atoms with Gasteiger partial charge >= 0.3 is 6.18 Å². The lowest BCUT2D eigenvalue weighted by atomic mass is 9.84. The maximum atomic E-state index is 11.9. The molecule has 2 atom stereocenters. The summed E-state index contributed by atoms with van der Waals surface area (Å²) in [4.78, 5) is 0. The molecule has 0 fully saturated rings. The van der Waals surface area contributed by atoms with Gasteiger partial charge < -0.3 is 10.8 Å². The Labute approximate surface area is 69.6 Å². The Hall–Kier alpha value is -0.290. The van der Waals surface area contributed by atoms with Crippen LogP contribution < -0.4 is 5.73 Å². The summed E-state index contributed by atoms with van der Waals surface area (Å²) in [5.41, 5.74) is 4.46. The van der Waals surface area contributed by atoms with Crippen LogP contribution in [0.3, 0.4) is 0 Å². The normalized spacial score (nSPS) is 19.0. The predicted octanol–water partition coefficient (Wildman–Crippen LogP) is 1.28. The van der Waals surface area contributed by atoms with E-state index in [1.165, 1.54) is 0 Å². The minimum Gasteiger partial charge on any atom is -0.382 e. The van der Waals surface area contributed by atoms with Crippen LogP contribution in [0.1, 0.15) is 20.8 Å². The third-order valence-corrected chi connectivity index (χ3v) is 1.68. The first kappa shape index (κ1) is 11.7. The van der Waals surface area contributed by atoms with E-state index in [9.17, 15) is 13.2 Å². The SMILES string of the molecule is CC(C)(C)[C@H](N)C(O)C(F)(F)F. The summed E-state index contributed by atoms with van der Waals surface area (Å²) in [5.74, 6) is 0. The molecule has 0 saturated carbocycles. The summed E-state index contributed by atoms with van der Waals surface area (Å²) in [6.45, 7) is 4.64. The largest absolute Gasteiger partial charge is 0.415 e. The number of rotatable bonds is 1. The molecule has 0 spiro atoms. The van der Waals surface area contributed by atoms with E-state index in [-0.39, 0.29) is 0 Å². The number of aliphatic hydroxyl groups is 1. The Morgan fingerprint density at radius 2 is 1.50 bits per heavy atom. The van der Waals surface area contributed by atoms with Gasteiger partial charge in [-0.15, -0.1) is 0 Å². The number of nitrogens with two attached hydrogens (primary N) is 1. The highest BCUT2D eigenvalue weighted by molar-refractivity contribution is 4.87. The van der Waals surface area contributed by atoms with Crippen molar-refractivity contribution < 1.29 is 18.3 Å². The molecule has 1 unspecified atom stereocenters. The topological polar surface area (TPSA) is 46.2 Å². The first-order valence-electron chi connectivity index (χ1n) is 3.57. The summed E-state index contributed by atoms with van der Waals surface area (Å²) < 4.78 is 35.7. The van der Waals surface area contributed by atoms with Crippen LogP contribution in [0.25, 0.3) is 0 Å². The van der Waals surface area contributed by atoms with Gasteiger partial charge in [-0.1, -0.05) is 20.8 Å². The molecular formula is C7H14F3NO. The molecule has 0 aromatic heterocycles. The van der Waals surface area contributed by atoms with E-state index in [1.807, 2.05) is 0 Å². The molecule has 0 radical (unpaired) electrons. The van der Waals surface area contributed by atoms with Gasteiger partial charge in [-0.3, -0.25) is 0 Å². The van der Waals surface area contributed by atoms with Crippen LogP contribution in [0.5, 0.6) is 0 Å². The smallest absolute Gasteiger partial charge is 0.382 e. The summed E-state index contributed by atoms with van der Waals surface area (Å²) in [5, 5.41) is 8.74. The molecule has 0 amide bonds. The second-order valence-corrected chi connectivity index (χ2v) is 3.88. The van der Waals surface area contributed by atoms with Gasteiger partial charge in [0.15, 0.2) is 6.10 Å². The first-order chi connectivity index (χ1) is 5.07. The minimum absolute atomic E-state index is 0.755. The highest BCUT2D eigenvalue weighted by Gasteiger charge is 2.45. The molecule has 0 bridgehead atoms. The Balaban J connectivity index is 4.41. The Kier molecular flexibility index (Phi) is 3.14. The van der Waals surface area contributed by atoms with Crippen LogP contribution in [0.15, 0.2) is 0 Å². The zero-order valence-electron chi connectivity index (χ0n) is 7.31. The molecule has 5 heteroatoms. The summed E-state index contributed by atoms with van der Waals surface area (Å²) in [6.07, 6.45) is -7.08. The molecule has 0 aromatic carbocycles. The molecule has 3 N–H and O–H groups in total. The van der Waals surface area contributed by atoms with Crippen molar-refractivity contribution >= 4 is 0 Å². The molecule has 2 nitrogen and oxygen atoms in total. The lowest BCUT2D eigenvalue weighted by molar-refractivity contribution is -0.216. The molecule has 0 heterocycles. The number of aliphatic hydroxyl groups excluding tert-OH is 1. The zero-order chi connectivity index (χ0) is 10.2. The van der Waals surface area contributed by atoms with Gasteiger partial charge in [-0.05, 0) is 5.41 Å². The van der Waals surface area contributed by atoms with Gasteiger partial charge in [0.1, 0.15) is 0 Å². The van der Waals surface area contributed by atoms with E-state index < -0.39 is 23.7 Å². The number of hydrogen-bond acceptors (Lipinski definition) is 2. The van der Waals surface area contributed by atoms with Crippen molar-refractivity contribution in [2.75, 3.05) is 0 Å². The zero-order valence-corrected chi connectivity index (χ0v) is 7.31. The van der Waals surface area contributed by atoms with Crippen LogP contribution in [0, 0.1) is 5.41 Å².